The number of anilines is 1. The molecular formula is C41H30NO. The van der Waals surface area contributed by atoms with Crippen molar-refractivity contribution in [2.24, 2.45) is 0 Å². The molecule has 0 fully saturated rings. The zero-order chi connectivity index (χ0) is 29.0. The molecule has 43 heavy (non-hydrogen) atoms. The van der Waals surface area contributed by atoms with Gasteiger partial charge in [0, 0.05) is 22.7 Å². The van der Waals surface area contributed by atoms with Crippen LogP contribution in [0.5, 0.6) is 5.75 Å². The van der Waals surface area contributed by atoms with Gasteiger partial charge in [-0.3, -0.25) is 5.11 Å². The molecule has 0 saturated heterocycles. The third-order valence-electron chi connectivity index (χ3n) is 7.98. The Balaban J connectivity index is 1.51. The lowest BCUT2D eigenvalue weighted by Gasteiger charge is -2.36. The van der Waals surface area contributed by atoms with Crippen LogP contribution in [0.25, 0.3) is 33.6 Å². The van der Waals surface area contributed by atoms with Crippen LogP contribution in [-0.2, 0) is 5.11 Å². The van der Waals surface area contributed by atoms with E-state index in [4.69, 9.17) is 0 Å². The Kier molecular flexibility index (Phi) is 7.17. The van der Waals surface area contributed by atoms with Crippen molar-refractivity contribution in [2.45, 2.75) is 5.92 Å². The molecule has 1 aliphatic heterocycles. The molecule has 1 radical (unpaired) electrons. The molecule has 0 unspecified atom stereocenters. The van der Waals surface area contributed by atoms with E-state index in [0.717, 1.165) is 39.3 Å². The maximum Gasteiger partial charge on any atom is 0.194 e. The molecule has 1 aliphatic rings. The quantitative estimate of drug-likeness (QED) is 0.202. The summed E-state index contributed by atoms with van der Waals surface area (Å²) in [5.41, 5.74) is 9.71. The average molecular weight is 553 g/mol. The fraction of sp³-hybridized carbons (Fsp3) is 0.0244. The number of rotatable bonds is 6. The van der Waals surface area contributed by atoms with Gasteiger partial charge in [-0.1, -0.05) is 152 Å². The Morgan fingerprint density at radius 2 is 0.767 bits per heavy atom. The number of hydrogen-bond donors (Lipinski definition) is 0. The Hall–Kier alpha value is -5.60. The number of allylic oxidation sites excluding steroid dienone is 2. The first kappa shape index (κ1) is 26.3. The van der Waals surface area contributed by atoms with Crippen molar-refractivity contribution in [1.82, 2.24) is 0 Å². The minimum Gasteiger partial charge on any atom is -0.310 e. The summed E-state index contributed by atoms with van der Waals surface area (Å²) in [6, 6.07) is 55.8. The van der Waals surface area contributed by atoms with Crippen molar-refractivity contribution in [1.29, 1.82) is 0 Å². The van der Waals surface area contributed by atoms with Gasteiger partial charge >= 0.3 is 0 Å². The first-order chi connectivity index (χ1) is 21.3. The molecule has 2 nitrogen and oxygen atoms in total. The summed E-state index contributed by atoms with van der Waals surface area (Å²) >= 11 is 0. The van der Waals surface area contributed by atoms with E-state index in [1.807, 2.05) is 72.8 Å². The maximum atomic E-state index is 14.1. The van der Waals surface area contributed by atoms with Gasteiger partial charge in [0.25, 0.3) is 0 Å². The summed E-state index contributed by atoms with van der Waals surface area (Å²) in [6.45, 7) is 0. The van der Waals surface area contributed by atoms with Gasteiger partial charge in [-0.05, 0) is 52.1 Å². The molecule has 0 saturated carbocycles. The van der Waals surface area contributed by atoms with Crippen molar-refractivity contribution < 1.29 is 5.11 Å². The van der Waals surface area contributed by atoms with Gasteiger partial charge in [0.1, 0.15) is 0 Å². The van der Waals surface area contributed by atoms with Crippen LogP contribution in [0.15, 0.2) is 176 Å². The lowest BCUT2D eigenvalue weighted by Crippen LogP contribution is -2.24. The molecule has 0 N–H and O–H groups in total. The van der Waals surface area contributed by atoms with Crippen LogP contribution in [0.4, 0.5) is 5.69 Å². The van der Waals surface area contributed by atoms with Gasteiger partial charge in [-0.15, -0.1) is 0 Å². The Morgan fingerprint density at radius 1 is 0.419 bits per heavy atom. The summed E-state index contributed by atoms with van der Waals surface area (Å²) < 4.78 is 0. The first-order valence-electron chi connectivity index (χ1n) is 14.6. The third-order valence-corrected chi connectivity index (χ3v) is 7.98. The number of benzene rings is 6. The van der Waals surface area contributed by atoms with Gasteiger partial charge in [0.2, 0.25) is 0 Å². The molecule has 205 valence electrons. The number of nitrogens with zero attached hydrogens (tertiary/aromatic N) is 1. The largest absolute Gasteiger partial charge is 0.310 e. The maximum absolute atomic E-state index is 14.1. The zero-order valence-electron chi connectivity index (χ0n) is 23.7. The van der Waals surface area contributed by atoms with Crippen LogP contribution in [-0.4, -0.2) is 0 Å². The standard InChI is InChI=1S/C41H30NO/c43-41-37(31-18-8-2-9-19-31)28-36(29-38(41)32-20-10-3-11-21-32)42-39(33-22-12-4-13-23-33)26-35(30-16-6-1-7-17-30)27-40(42)34-24-14-5-15-25-34/h1-29,35H. The molecule has 1 heterocycles. The monoisotopic (exact) mass is 552 g/mol. The van der Waals surface area contributed by atoms with Crippen molar-refractivity contribution >= 4 is 17.1 Å². The normalized spacial score (nSPS) is 13.3. The average Bonchev–Trinajstić information content (AvgIpc) is 3.10. The van der Waals surface area contributed by atoms with Gasteiger partial charge in [-0.2, -0.15) is 0 Å². The number of hydrogen-bond acceptors (Lipinski definition) is 1. The van der Waals surface area contributed by atoms with Gasteiger partial charge in [0.05, 0.1) is 11.4 Å². The molecule has 7 rings (SSSR count). The zero-order valence-corrected chi connectivity index (χ0v) is 23.7. The molecule has 6 aromatic rings. The summed E-state index contributed by atoms with van der Waals surface area (Å²) in [7, 11) is 0. The van der Waals surface area contributed by atoms with Gasteiger partial charge in [-0.25, -0.2) is 0 Å². The summed E-state index contributed by atoms with van der Waals surface area (Å²) in [4.78, 5) is 2.32. The third kappa shape index (κ3) is 5.27. The second kappa shape index (κ2) is 11.7. The van der Waals surface area contributed by atoms with Crippen LogP contribution < -0.4 is 4.90 Å². The molecule has 0 aromatic heterocycles. The molecule has 0 spiro atoms. The second-order valence-electron chi connectivity index (χ2n) is 10.7. The fourth-order valence-electron chi connectivity index (χ4n) is 5.89. The van der Waals surface area contributed by atoms with Gasteiger partial charge < -0.3 is 4.90 Å². The highest BCUT2D eigenvalue weighted by Gasteiger charge is 2.28. The van der Waals surface area contributed by atoms with Crippen LogP contribution in [0, 0.1) is 0 Å². The van der Waals surface area contributed by atoms with E-state index < -0.39 is 0 Å². The summed E-state index contributed by atoms with van der Waals surface area (Å²) in [6.07, 6.45) is 4.68. The minimum atomic E-state index is 0.0239. The topological polar surface area (TPSA) is 23.1 Å². The van der Waals surface area contributed by atoms with Crippen molar-refractivity contribution in [3.05, 3.63) is 193 Å². The van der Waals surface area contributed by atoms with E-state index >= 15 is 0 Å². The van der Waals surface area contributed by atoms with Crippen molar-refractivity contribution in [2.75, 3.05) is 4.90 Å². The Labute approximate surface area is 253 Å². The van der Waals surface area contributed by atoms with Crippen LogP contribution in [0.3, 0.4) is 0 Å². The predicted molar refractivity (Wildman–Crippen MR) is 178 cm³/mol. The highest BCUT2D eigenvalue weighted by Crippen LogP contribution is 2.47. The highest BCUT2D eigenvalue weighted by molar-refractivity contribution is 6.00. The van der Waals surface area contributed by atoms with E-state index in [0.29, 0.717) is 11.1 Å². The minimum absolute atomic E-state index is 0.0239. The lowest BCUT2D eigenvalue weighted by molar-refractivity contribution is 0.358. The Morgan fingerprint density at radius 3 is 1.16 bits per heavy atom. The van der Waals surface area contributed by atoms with Crippen LogP contribution >= 0.6 is 0 Å². The van der Waals surface area contributed by atoms with Crippen molar-refractivity contribution in [3.8, 4) is 28.0 Å². The van der Waals surface area contributed by atoms with Crippen molar-refractivity contribution in [3.63, 3.8) is 0 Å². The fourth-order valence-corrected chi connectivity index (χ4v) is 5.89. The molecule has 0 atom stereocenters. The lowest BCUT2D eigenvalue weighted by atomic mass is 9.88. The van der Waals surface area contributed by atoms with E-state index in [-0.39, 0.29) is 11.7 Å². The van der Waals surface area contributed by atoms with Crippen LogP contribution in [0.1, 0.15) is 22.6 Å². The summed E-state index contributed by atoms with van der Waals surface area (Å²) in [5, 5.41) is 14.1. The Bertz CT molecular complexity index is 1780. The smallest absolute Gasteiger partial charge is 0.194 e. The molecule has 0 bridgehead atoms. The second-order valence-corrected chi connectivity index (χ2v) is 10.7. The van der Waals surface area contributed by atoms with Gasteiger partial charge in [0.15, 0.2) is 5.75 Å². The molecule has 0 aliphatic carbocycles. The van der Waals surface area contributed by atoms with E-state index in [9.17, 15) is 5.11 Å². The van der Waals surface area contributed by atoms with Crippen LogP contribution in [0.2, 0.25) is 0 Å². The molecular weight excluding hydrogens is 522 g/mol. The van der Waals surface area contributed by atoms with E-state index in [1.54, 1.807) is 0 Å². The summed E-state index contributed by atoms with van der Waals surface area (Å²) in [5.74, 6) is 0.0969. The first-order valence-corrected chi connectivity index (χ1v) is 14.6. The molecule has 2 heteroatoms. The predicted octanol–water partition coefficient (Wildman–Crippen LogP) is 10.9. The highest BCUT2D eigenvalue weighted by atomic mass is 16.3. The van der Waals surface area contributed by atoms with E-state index in [2.05, 4.69) is 108 Å². The molecule has 0 amide bonds. The SMILES string of the molecule is [O]c1c(-c2ccccc2)cc(N2C(c3ccccc3)=CC(c3ccccc3)C=C2c2ccccc2)cc1-c1ccccc1. The molecule has 6 aromatic carbocycles. The van der Waals surface area contributed by atoms with E-state index in [1.165, 1.54) is 5.56 Å².